The molecule has 0 aliphatic rings. The molecule has 0 spiro atoms. The van der Waals surface area contributed by atoms with Crippen LogP contribution in [0.4, 0.5) is 0 Å². The highest BCUT2D eigenvalue weighted by Gasteiger charge is 2.13. The molecule has 5 nitrogen and oxygen atoms in total. The molecule has 1 unspecified atom stereocenters. The smallest absolute Gasteiger partial charge is 0.291 e. The van der Waals surface area contributed by atoms with Crippen molar-refractivity contribution in [3.05, 3.63) is 11.6 Å². The predicted octanol–water partition coefficient (Wildman–Crippen LogP) is 0.255. The Morgan fingerprint density at radius 3 is 2.93 bits per heavy atom. The third kappa shape index (κ3) is 2.33. The maximum Gasteiger partial charge on any atom is 0.291 e. The van der Waals surface area contributed by atoms with E-state index in [9.17, 15) is 4.79 Å². The molecule has 0 radical (unpaired) electrons. The summed E-state index contributed by atoms with van der Waals surface area (Å²) in [6, 6.07) is -0.263. The van der Waals surface area contributed by atoms with Crippen LogP contribution in [0.5, 0.6) is 0 Å². The lowest BCUT2D eigenvalue weighted by Gasteiger charge is -2.07. The third-order valence-electron chi connectivity index (χ3n) is 1.72. The fourth-order valence-corrected chi connectivity index (χ4v) is 0.929. The summed E-state index contributed by atoms with van der Waals surface area (Å²) in [6.45, 7) is 3.62. The van der Waals surface area contributed by atoms with Crippen molar-refractivity contribution < 1.29 is 4.79 Å². The molecule has 14 heavy (non-hydrogen) atoms. The summed E-state index contributed by atoms with van der Waals surface area (Å²) >= 11 is 0. The molecule has 2 N–H and O–H groups in total. The van der Waals surface area contributed by atoms with E-state index >= 15 is 0 Å². The summed E-state index contributed by atoms with van der Waals surface area (Å²) in [4.78, 5) is 15.3. The monoisotopic (exact) mass is 192 g/mol. The number of aromatic nitrogens is 3. The highest BCUT2D eigenvalue weighted by Crippen LogP contribution is 1.94. The van der Waals surface area contributed by atoms with Crippen molar-refractivity contribution in [2.75, 3.05) is 0 Å². The van der Waals surface area contributed by atoms with E-state index < -0.39 is 0 Å². The first-order chi connectivity index (χ1) is 6.67. The zero-order valence-electron chi connectivity index (χ0n) is 8.16. The van der Waals surface area contributed by atoms with Gasteiger partial charge in [0.05, 0.1) is 6.04 Å². The van der Waals surface area contributed by atoms with Crippen LogP contribution in [0.1, 0.15) is 29.8 Å². The molecule has 0 saturated heterocycles. The lowest BCUT2D eigenvalue weighted by molar-refractivity contribution is 0.0935. The zero-order chi connectivity index (χ0) is 10.6. The number of terminal acetylenes is 1. The van der Waals surface area contributed by atoms with Crippen molar-refractivity contribution in [2.45, 2.75) is 26.3 Å². The van der Waals surface area contributed by atoms with Gasteiger partial charge in [-0.25, -0.2) is 4.98 Å². The predicted molar refractivity (Wildman–Crippen MR) is 51.5 cm³/mol. The summed E-state index contributed by atoms with van der Waals surface area (Å²) in [5, 5.41) is 8.93. The van der Waals surface area contributed by atoms with Crippen LogP contribution in [0, 0.1) is 19.3 Å². The van der Waals surface area contributed by atoms with Gasteiger partial charge in [0.2, 0.25) is 5.82 Å². The van der Waals surface area contributed by atoms with Crippen LogP contribution in [0.3, 0.4) is 0 Å². The van der Waals surface area contributed by atoms with Crippen LogP contribution >= 0.6 is 0 Å². The molecule has 1 rings (SSSR count). The van der Waals surface area contributed by atoms with E-state index in [0.717, 1.165) is 0 Å². The van der Waals surface area contributed by atoms with Crippen molar-refractivity contribution >= 4 is 5.91 Å². The molecule has 0 saturated carbocycles. The molecule has 1 atom stereocenters. The average Bonchev–Trinajstić information content (AvgIpc) is 2.61. The van der Waals surface area contributed by atoms with Crippen molar-refractivity contribution in [2.24, 2.45) is 0 Å². The first-order valence-corrected chi connectivity index (χ1v) is 4.33. The van der Waals surface area contributed by atoms with Gasteiger partial charge in [-0.3, -0.25) is 9.89 Å². The number of carbonyl (C=O) groups is 1. The Morgan fingerprint density at radius 2 is 2.50 bits per heavy atom. The topological polar surface area (TPSA) is 70.7 Å². The van der Waals surface area contributed by atoms with Crippen LogP contribution in [0.25, 0.3) is 0 Å². The maximum atomic E-state index is 11.4. The van der Waals surface area contributed by atoms with Crippen LogP contribution in [-0.4, -0.2) is 27.1 Å². The molecule has 5 heteroatoms. The van der Waals surface area contributed by atoms with E-state index in [-0.39, 0.29) is 17.8 Å². The van der Waals surface area contributed by atoms with Crippen molar-refractivity contribution in [3.8, 4) is 12.3 Å². The number of aryl methyl sites for hydroxylation is 1. The third-order valence-corrected chi connectivity index (χ3v) is 1.72. The highest BCUT2D eigenvalue weighted by atomic mass is 16.2. The fourth-order valence-electron chi connectivity index (χ4n) is 0.929. The molecule has 0 aliphatic carbocycles. The van der Waals surface area contributed by atoms with Crippen molar-refractivity contribution in [1.82, 2.24) is 20.5 Å². The lowest BCUT2D eigenvalue weighted by atomic mass is 10.2. The van der Waals surface area contributed by atoms with E-state index in [1.165, 1.54) is 0 Å². The van der Waals surface area contributed by atoms with Crippen molar-refractivity contribution in [3.63, 3.8) is 0 Å². The molecule has 0 bridgehead atoms. The number of nitrogens with zero attached hydrogens (tertiary/aromatic N) is 2. The minimum absolute atomic E-state index is 0.121. The molecule has 74 valence electrons. The molecule has 0 aliphatic heterocycles. The Hall–Kier alpha value is -1.83. The molecule has 1 heterocycles. The van der Waals surface area contributed by atoms with Gasteiger partial charge in [-0.05, 0) is 13.3 Å². The number of hydrogen-bond donors (Lipinski definition) is 2. The number of aromatic amines is 1. The second-order valence-corrected chi connectivity index (χ2v) is 2.85. The SMILES string of the molecule is C#CC(CC)NC(=O)c1n[nH]c(C)n1. The van der Waals surface area contributed by atoms with E-state index in [4.69, 9.17) is 6.42 Å². The first kappa shape index (κ1) is 10.3. The first-order valence-electron chi connectivity index (χ1n) is 4.33. The van der Waals surface area contributed by atoms with Crippen LogP contribution in [0.15, 0.2) is 0 Å². The molecule has 1 amide bonds. The van der Waals surface area contributed by atoms with Gasteiger partial charge in [-0.2, -0.15) is 0 Å². The standard InChI is InChI=1S/C9H12N4O/c1-4-7(5-2)11-9(14)8-10-6(3)12-13-8/h1,7H,5H2,2-3H3,(H,11,14)(H,10,12,13). The Labute approximate surface area is 82.3 Å². The van der Waals surface area contributed by atoms with Crippen LogP contribution in [0.2, 0.25) is 0 Å². The summed E-state index contributed by atoms with van der Waals surface area (Å²) in [6.07, 6.45) is 5.89. The van der Waals surface area contributed by atoms with Gasteiger partial charge in [0.15, 0.2) is 0 Å². The van der Waals surface area contributed by atoms with Gasteiger partial charge < -0.3 is 5.32 Å². The molecule has 1 aromatic rings. The summed E-state index contributed by atoms with van der Waals surface area (Å²) in [7, 11) is 0. The Balaban J connectivity index is 2.64. The second kappa shape index (κ2) is 4.42. The van der Waals surface area contributed by atoms with Gasteiger partial charge in [0.25, 0.3) is 5.91 Å². The Morgan fingerprint density at radius 1 is 1.79 bits per heavy atom. The average molecular weight is 192 g/mol. The summed E-state index contributed by atoms with van der Waals surface area (Å²) in [5.74, 6) is 2.84. The van der Waals surface area contributed by atoms with Gasteiger partial charge in [-0.15, -0.1) is 11.5 Å². The van der Waals surface area contributed by atoms with E-state index in [1.807, 2.05) is 6.92 Å². The van der Waals surface area contributed by atoms with Gasteiger partial charge in [0.1, 0.15) is 5.82 Å². The van der Waals surface area contributed by atoms with E-state index in [0.29, 0.717) is 12.2 Å². The molecular weight excluding hydrogens is 180 g/mol. The second-order valence-electron chi connectivity index (χ2n) is 2.85. The van der Waals surface area contributed by atoms with Crippen LogP contribution < -0.4 is 5.32 Å². The van der Waals surface area contributed by atoms with Gasteiger partial charge in [0, 0.05) is 0 Å². The highest BCUT2D eigenvalue weighted by molar-refractivity contribution is 5.90. The minimum Gasteiger partial charge on any atom is -0.336 e. The summed E-state index contributed by atoms with van der Waals surface area (Å²) in [5.41, 5.74) is 0. The maximum absolute atomic E-state index is 11.4. The van der Waals surface area contributed by atoms with E-state index in [1.54, 1.807) is 6.92 Å². The number of amides is 1. The zero-order valence-corrected chi connectivity index (χ0v) is 8.16. The number of H-pyrrole nitrogens is 1. The number of nitrogens with one attached hydrogen (secondary N) is 2. The summed E-state index contributed by atoms with van der Waals surface area (Å²) < 4.78 is 0. The number of hydrogen-bond acceptors (Lipinski definition) is 3. The molecule has 1 aromatic heterocycles. The lowest BCUT2D eigenvalue weighted by Crippen LogP contribution is -2.33. The normalized spacial score (nSPS) is 11.8. The number of carbonyl (C=O) groups excluding carboxylic acids is 1. The quantitative estimate of drug-likeness (QED) is 0.674. The molecular formula is C9H12N4O. The van der Waals surface area contributed by atoms with Gasteiger partial charge >= 0.3 is 0 Å². The van der Waals surface area contributed by atoms with Gasteiger partial charge in [-0.1, -0.05) is 12.8 Å². The molecule has 0 fully saturated rings. The van der Waals surface area contributed by atoms with Crippen molar-refractivity contribution in [1.29, 1.82) is 0 Å². The Bertz CT molecular complexity index is 363. The van der Waals surface area contributed by atoms with Crippen LogP contribution in [-0.2, 0) is 0 Å². The minimum atomic E-state index is -0.348. The number of rotatable bonds is 3. The largest absolute Gasteiger partial charge is 0.336 e. The van der Waals surface area contributed by atoms with E-state index in [2.05, 4.69) is 26.4 Å². The fraction of sp³-hybridized carbons (Fsp3) is 0.444. The Kier molecular flexibility index (Phi) is 3.24. The molecule has 0 aromatic carbocycles.